The quantitative estimate of drug-likeness (QED) is 0.0603. The van der Waals surface area contributed by atoms with Crippen LogP contribution in [0.4, 0.5) is 0 Å². The summed E-state index contributed by atoms with van der Waals surface area (Å²) in [4.78, 5) is 0. The minimum atomic E-state index is 1.22. The normalized spacial score (nSPS) is 12.7. The van der Waals surface area contributed by atoms with E-state index in [1.165, 1.54) is 186 Å². The SMILES string of the molecule is CCCCCCCCCCCC/C=C/CC/C(C)=C\CC/C(C)=C/CCCCCCCCCCCCCCC. The van der Waals surface area contributed by atoms with Crippen LogP contribution in [0.1, 0.15) is 214 Å². The maximum absolute atomic E-state index is 2.51. The van der Waals surface area contributed by atoms with Crippen LogP contribution in [-0.4, -0.2) is 0 Å². The molecule has 0 saturated heterocycles. The molecule has 0 rings (SSSR count). The van der Waals surface area contributed by atoms with Crippen LogP contribution in [0.5, 0.6) is 0 Å². The molecule has 0 spiro atoms. The highest BCUT2D eigenvalue weighted by Crippen LogP contribution is 2.16. The van der Waals surface area contributed by atoms with Crippen LogP contribution in [0.3, 0.4) is 0 Å². The molecule has 0 fully saturated rings. The van der Waals surface area contributed by atoms with E-state index in [-0.39, 0.29) is 0 Å². The van der Waals surface area contributed by atoms with Gasteiger partial charge in [-0.25, -0.2) is 0 Å². The molecule has 0 atom stereocenters. The number of allylic oxidation sites excluding steroid dienone is 6. The van der Waals surface area contributed by atoms with Crippen molar-refractivity contribution in [3.8, 4) is 0 Å². The number of hydrogen-bond acceptors (Lipinski definition) is 0. The Bertz CT molecular complexity index is 548. The molecule has 0 amide bonds. The standard InChI is InChI=1S/C39H74/c1-5-7-9-11-13-15-17-19-21-23-25-27-29-31-34-38(3)36-33-37-39(4)35-32-30-28-26-24-22-20-18-16-14-12-10-8-6-2/h27,29,35-36H,5-26,28,30-34,37H2,1-4H3/b29-27+,38-36-,39-35+. The fourth-order valence-electron chi connectivity index (χ4n) is 5.56. The molecule has 0 aliphatic rings. The Kier molecular flexibility index (Phi) is 32.8. The van der Waals surface area contributed by atoms with Crippen LogP contribution >= 0.6 is 0 Å². The fraction of sp³-hybridized carbons (Fsp3) is 0.846. The second-order valence-corrected chi connectivity index (χ2v) is 12.7. The first-order valence-electron chi connectivity index (χ1n) is 18.2. The molecule has 0 heterocycles. The zero-order valence-electron chi connectivity index (χ0n) is 27.8. The summed E-state index contributed by atoms with van der Waals surface area (Å²) in [5.74, 6) is 0. The van der Waals surface area contributed by atoms with E-state index in [1.54, 1.807) is 11.1 Å². The van der Waals surface area contributed by atoms with Gasteiger partial charge in [-0.3, -0.25) is 0 Å². The van der Waals surface area contributed by atoms with Crippen LogP contribution in [-0.2, 0) is 0 Å². The third-order valence-corrected chi connectivity index (χ3v) is 8.43. The first-order chi connectivity index (χ1) is 19.2. The third-order valence-electron chi connectivity index (χ3n) is 8.43. The molecule has 230 valence electrons. The zero-order valence-corrected chi connectivity index (χ0v) is 27.8. The summed E-state index contributed by atoms with van der Waals surface area (Å²) < 4.78 is 0. The van der Waals surface area contributed by atoms with Crippen LogP contribution in [0.2, 0.25) is 0 Å². The van der Waals surface area contributed by atoms with Crippen LogP contribution in [0.15, 0.2) is 35.5 Å². The second kappa shape index (κ2) is 33.4. The van der Waals surface area contributed by atoms with Crippen molar-refractivity contribution in [1.29, 1.82) is 0 Å². The molecule has 0 radical (unpaired) electrons. The summed E-state index contributed by atoms with van der Waals surface area (Å²) in [7, 11) is 0. The fourth-order valence-corrected chi connectivity index (χ4v) is 5.56. The average molecular weight is 543 g/mol. The van der Waals surface area contributed by atoms with E-state index >= 15 is 0 Å². The Morgan fingerprint density at radius 2 is 0.641 bits per heavy atom. The summed E-state index contributed by atoms with van der Waals surface area (Å²) >= 11 is 0. The first-order valence-corrected chi connectivity index (χ1v) is 18.2. The van der Waals surface area contributed by atoms with Gasteiger partial charge in [0.1, 0.15) is 0 Å². The van der Waals surface area contributed by atoms with Crippen molar-refractivity contribution >= 4 is 0 Å². The first kappa shape index (κ1) is 38.2. The number of unbranched alkanes of at least 4 members (excludes halogenated alkanes) is 23. The van der Waals surface area contributed by atoms with Gasteiger partial charge in [0.15, 0.2) is 0 Å². The van der Waals surface area contributed by atoms with Crippen molar-refractivity contribution in [2.75, 3.05) is 0 Å². The van der Waals surface area contributed by atoms with Crippen LogP contribution < -0.4 is 0 Å². The predicted molar refractivity (Wildman–Crippen MR) is 182 cm³/mol. The molecule has 39 heavy (non-hydrogen) atoms. The molecular weight excluding hydrogens is 468 g/mol. The van der Waals surface area contributed by atoms with Gasteiger partial charge in [-0.15, -0.1) is 0 Å². The molecule has 0 aromatic rings. The number of hydrogen-bond donors (Lipinski definition) is 0. The van der Waals surface area contributed by atoms with E-state index in [0.717, 1.165) is 0 Å². The molecule has 0 heteroatoms. The monoisotopic (exact) mass is 543 g/mol. The van der Waals surface area contributed by atoms with Gasteiger partial charge in [0, 0.05) is 0 Å². The molecule has 0 aromatic carbocycles. The van der Waals surface area contributed by atoms with Gasteiger partial charge in [-0.2, -0.15) is 0 Å². The Morgan fingerprint density at radius 3 is 1.08 bits per heavy atom. The van der Waals surface area contributed by atoms with Gasteiger partial charge < -0.3 is 0 Å². The molecule has 0 bridgehead atoms. The summed E-state index contributed by atoms with van der Waals surface area (Å²) in [5.41, 5.74) is 3.16. The number of rotatable bonds is 31. The molecule has 0 N–H and O–H groups in total. The lowest BCUT2D eigenvalue weighted by molar-refractivity contribution is 0.540. The van der Waals surface area contributed by atoms with Crippen molar-refractivity contribution in [3.05, 3.63) is 35.5 Å². The summed E-state index contributed by atoms with van der Waals surface area (Å²) in [5, 5.41) is 0. The lowest BCUT2D eigenvalue weighted by atomic mass is 10.0. The van der Waals surface area contributed by atoms with Crippen LogP contribution in [0.25, 0.3) is 0 Å². The maximum Gasteiger partial charge on any atom is -0.0288 e. The smallest absolute Gasteiger partial charge is 0.0288 e. The summed E-state index contributed by atoms with van der Waals surface area (Å²) in [6.07, 6.45) is 50.4. The molecular formula is C39H74. The van der Waals surface area contributed by atoms with E-state index in [0.29, 0.717) is 0 Å². The highest BCUT2D eigenvalue weighted by molar-refractivity contribution is 5.04. The van der Waals surface area contributed by atoms with E-state index < -0.39 is 0 Å². The van der Waals surface area contributed by atoms with Crippen molar-refractivity contribution in [2.45, 2.75) is 214 Å². The lowest BCUT2D eigenvalue weighted by Gasteiger charge is -2.03. The van der Waals surface area contributed by atoms with Crippen molar-refractivity contribution < 1.29 is 0 Å². The molecule has 0 saturated carbocycles. The van der Waals surface area contributed by atoms with Crippen molar-refractivity contribution in [3.63, 3.8) is 0 Å². The van der Waals surface area contributed by atoms with Crippen LogP contribution in [0, 0.1) is 0 Å². The summed E-state index contributed by atoms with van der Waals surface area (Å²) in [6.45, 7) is 9.26. The Labute approximate surface area is 249 Å². The van der Waals surface area contributed by atoms with Gasteiger partial charge in [0.2, 0.25) is 0 Å². The van der Waals surface area contributed by atoms with Gasteiger partial charge >= 0.3 is 0 Å². The van der Waals surface area contributed by atoms with E-state index in [2.05, 4.69) is 52.0 Å². The van der Waals surface area contributed by atoms with Gasteiger partial charge in [-0.1, -0.05) is 184 Å². The predicted octanol–water partition coefficient (Wildman–Crippen LogP) is 14.8. The highest BCUT2D eigenvalue weighted by Gasteiger charge is 1.96. The molecule has 0 aliphatic carbocycles. The Hall–Kier alpha value is -0.780. The maximum atomic E-state index is 2.51. The largest absolute Gasteiger partial charge is 0.0885 e. The van der Waals surface area contributed by atoms with Crippen molar-refractivity contribution in [1.82, 2.24) is 0 Å². The average Bonchev–Trinajstić information content (AvgIpc) is 2.93. The Balaban J connectivity index is 3.48. The highest BCUT2D eigenvalue weighted by atomic mass is 14.0. The van der Waals surface area contributed by atoms with E-state index in [9.17, 15) is 0 Å². The topological polar surface area (TPSA) is 0 Å². The molecule has 0 aliphatic heterocycles. The Morgan fingerprint density at radius 1 is 0.333 bits per heavy atom. The molecule has 0 nitrogen and oxygen atoms in total. The summed E-state index contributed by atoms with van der Waals surface area (Å²) in [6, 6.07) is 0. The second-order valence-electron chi connectivity index (χ2n) is 12.7. The minimum absolute atomic E-state index is 1.22. The van der Waals surface area contributed by atoms with Gasteiger partial charge in [-0.05, 0) is 65.2 Å². The lowest BCUT2D eigenvalue weighted by Crippen LogP contribution is -1.83. The molecule has 0 unspecified atom stereocenters. The van der Waals surface area contributed by atoms with E-state index in [1.807, 2.05) is 0 Å². The van der Waals surface area contributed by atoms with Crippen molar-refractivity contribution in [2.24, 2.45) is 0 Å². The van der Waals surface area contributed by atoms with E-state index in [4.69, 9.17) is 0 Å². The van der Waals surface area contributed by atoms with Gasteiger partial charge in [0.05, 0.1) is 0 Å². The third kappa shape index (κ3) is 33.3. The molecule has 0 aromatic heterocycles. The minimum Gasteiger partial charge on any atom is -0.0885 e. The zero-order chi connectivity index (χ0) is 28.5. The van der Waals surface area contributed by atoms with Gasteiger partial charge in [0.25, 0.3) is 0 Å².